The minimum absolute atomic E-state index is 0.516. The molecule has 1 aliphatic rings. The van der Waals surface area contributed by atoms with E-state index in [2.05, 4.69) is 16.8 Å². The van der Waals surface area contributed by atoms with Gasteiger partial charge in [-0.15, -0.1) is 5.92 Å². The first-order valence-electron chi connectivity index (χ1n) is 6.41. The van der Waals surface area contributed by atoms with Crippen LogP contribution in [-0.4, -0.2) is 43.7 Å². The third-order valence-electron chi connectivity index (χ3n) is 3.37. The molecular formula is C13H15F2N3O4. The molecule has 0 saturated carbocycles. The van der Waals surface area contributed by atoms with Crippen molar-refractivity contribution in [3.05, 3.63) is 22.5 Å². The van der Waals surface area contributed by atoms with Crippen LogP contribution < -0.4 is 11.4 Å². The molecule has 0 radical (unpaired) electrons. The fourth-order valence-corrected chi connectivity index (χ4v) is 2.31. The fourth-order valence-electron chi connectivity index (χ4n) is 2.31. The minimum Gasteiger partial charge on any atom is -0.391 e. The van der Waals surface area contributed by atoms with Gasteiger partial charge in [0.2, 0.25) is 5.67 Å². The number of nitrogens with two attached hydrogens (primary N) is 1. The van der Waals surface area contributed by atoms with Gasteiger partial charge < -0.3 is 20.7 Å². The molecular weight excluding hydrogens is 300 g/mol. The van der Waals surface area contributed by atoms with Crippen LogP contribution in [0.5, 0.6) is 0 Å². The molecule has 1 aliphatic heterocycles. The third kappa shape index (κ3) is 2.45. The van der Waals surface area contributed by atoms with E-state index in [1.54, 1.807) is 0 Å². The van der Waals surface area contributed by atoms with Crippen LogP contribution in [0.25, 0.3) is 0 Å². The van der Waals surface area contributed by atoms with E-state index in [-0.39, 0.29) is 0 Å². The molecule has 2 heterocycles. The highest BCUT2D eigenvalue weighted by Gasteiger charge is 2.59. The van der Waals surface area contributed by atoms with Crippen LogP contribution in [0.2, 0.25) is 0 Å². The lowest BCUT2D eigenvalue weighted by Crippen LogP contribution is -2.45. The summed E-state index contributed by atoms with van der Waals surface area (Å²) in [6.07, 6.45) is -5.57. The van der Waals surface area contributed by atoms with Gasteiger partial charge in [-0.25, -0.2) is 13.6 Å². The molecule has 0 aromatic carbocycles. The van der Waals surface area contributed by atoms with Gasteiger partial charge in [0.05, 0.1) is 12.3 Å². The van der Waals surface area contributed by atoms with E-state index < -0.39 is 47.5 Å². The average Bonchev–Trinajstić information content (AvgIpc) is 2.68. The van der Waals surface area contributed by atoms with Crippen LogP contribution in [0, 0.1) is 17.7 Å². The molecule has 1 unspecified atom stereocenters. The molecule has 0 spiro atoms. The van der Waals surface area contributed by atoms with Gasteiger partial charge in [-0.2, -0.15) is 4.98 Å². The molecule has 5 atom stereocenters. The maximum absolute atomic E-state index is 15.1. The van der Waals surface area contributed by atoms with Crippen molar-refractivity contribution in [2.75, 3.05) is 5.73 Å². The van der Waals surface area contributed by atoms with Crippen LogP contribution in [-0.2, 0) is 4.74 Å². The van der Waals surface area contributed by atoms with Gasteiger partial charge in [-0.1, -0.05) is 5.92 Å². The van der Waals surface area contributed by atoms with Gasteiger partial charge in [0.15, 0.2) is 17.9 Å². The Hall–Kier alpha value is -2.02. The predicted octanol–water partition coefficient (Wildman–Crippen LogP) is -0.665. The summed E-state index contributed by atoms with van der Waals surface area (Å²) in [4.78, 5) is 15.0. The van der Waals surface area contributed by atoms with Crippen molar-refractivity contribution in [1.29, 1.82) is 0 Å². The molecule has 9 heteroatoms. The number of aliphatic hydroxyl groups is 2. The fraction of sp³-hybridized carbons (Fsp3) is 0.538. The molecule has 7 nitrogen and oxygen atoms in total. The summed E-state index contributed by atoms with van der Waals surface area (Å²) in [7, 11) is 0. The summed E-state index contributed by atoms with van der Waals surface area (Å²) in [6.45, 7) is 2.60. The molecule has 1 aromatic rings. The third-order valence-corrected chi connectivity index (χ3v) is 3.37. The second kappa shape index (κ2) is 5.64. The molecule has 22 heavy (non-hydrogen) atoms. The second-order valence-corrected chi connectivity index (χ2v) is 4.95. The molecule has 1 aromatic heterocycles. The molecule has 1 saturated heterocycles. The molecule has 2 rings (SSSR count). The first kappa shape index (κ1) is 16.4. The van der Waals surface area contributed by atoms with Crippen molar-refractivity contribution in [3.8, 4) is 11.8 Å². The number of alkyl halides is 1. The maximum atomic E-state index is 15.1. The summed E-state index contributed by atoms with van der Waals surface area (Å²) in [5.74, 6) is 2.71. The predicted molar refractivity (Wildman–Crippen MR) is 71.8 cm³/mol. The number of anilines is 1. The summed E-state index contributed by atoms with van der Waals surface area (Å²) in [5.41, 5.74) is 1.38. The minimum atomic E-state index is -2.72. The first-order chi connectivity index (χ1) is 10.2. The van der Waals surface area contributed by atoms with Crippen LogP contribution in [0.15, 0.2) is 11.0 Å². The van der Waals surface area contributed by atoms with Crippen molar-refractivity contribution in [3.63, 3.8) is 0 Å². The Balaban J connectivity index is 2.59. The Morgan fingerprint density at radius 1 is 1.64 bits per heavy atom. The standard InChI is InChI=1S/C13H15F2N3O4/c1-3-4-13(15)9(20)8(6(2)19)22-11(13)18-5-7(14)10(16)17-12(18)21/h5-6,8-9,11,19-20H,1-2H3,(H2,16,17,21)/t6-,8-,9?,11-,13-/m1/s1. The van der Waals surface area contributed by atoms with E-state index in [0.717, 1.165) is 0 Å². The Morgan fingerprint density at radius 2 is 2.27 bits per heavy atom. The molecule has 120 valence electrons. The van der Waals surface area contributed by atoms with Gasteiger partial charge in [-0.3, -0.25) is 4.57 Å². The topological polar surface area (TPSA) is 111 Å². The quantitative estimate of drug-likeness (QED) is 0.625. The van der Waals surface area contributed by atoms with E-state index in [0.29, 0.717) is 10.8 Å². The summed E-state index contributed by atoms with van der Waals surface area (Å²) in [5, 5.41) is 19.6. The zero-order valence-electron chi connectivity index (χ0n) is 11.8. The average molecular weight is 315 g/mol. The highest BCUT2D eigenvalue weighted by atomic mass is 19.1. The molecule has 0 aliphatic carbocycles. The summed E-state index contributed by atoms with van der Waals surface area (Å²) in [6, 6.07) is 0. The highest BCUT2D eigenvalue weighted by molar-refractivity contribution is 5.28. The Kier molecular flexibility index (Phi) is 4.19. The van der Waals surface area contributed by atoms with E-state index in [1.807, 2.05) is 0 Å². The maximum Gasteiger partial charge on any atom is 0.351 e. The van der Waals surface area contributed by atoms with E-state index in [4.69, 9.17) is 10.5 Å². The van der Waals surface area contributed by atoms with Crippen LogP contribution in [0.4, 0.5) is 14.6 Å². The zero-order valence-corrected chi connectivity index (χ0v) is 11.8. The highest BCUT2D eigenvalue weighted by Crippen LogP contribution is 2.41. The summed E-state index contributed by atoms with van der Waals surface area (Å²) >= 11 is 0. The Labute approximate surface area is 124 Å². The second-order valence-electron chi connectivity index (χ2n) is 4.95. The van der Waals surface area contributed by atoms with Crippen molar-refractivity contribution in [2.24, 2.45) is 0 Å². The Bertz CT molecular complexity index is 697. The summed E-state index contributed by atoms with van der Waals surface area (Å²) < 4.78 is 34.3. The van der Waals surface area contributed by atoms with Crippen LogP contribution >= 0.6 is 0 Å². The van der Waals surface area contributed by atoms with Gasteiger partial charge >= 0.3 is 5.69 Å². The number of halogens is 2. The molecule has 4 N–H and O–H groups in total. The van der Waals surface area contributed by atoms with Crippen molar-refractivity contribution < 1.29 is 23.7 Å². The lowest BCUT2D eigenvalue weighted by molar-refractivity contribution is -0.0805. The van der Waals surface area contributed by atoms with E-state index >= 15 is 4.39 Å². The van der Waals surface area contributed by atoms with E-state index in [9.17, 15) is 19.4 Å². The van der Waals surface area contributed by atoms with Crippen molar-refractivity contribution >= 4 is 5.82 Å². The zero-order chi connectivity index (χ0) is 16.7. The monoisotopic (exact) mass is 315 g/mol. The van der Waals surface area contributed by atoms with Crippen LogP contribution in [0.1, 0.15) is 20.1 Å². The number of rotatable bonds is 2. The van der Waals surface area contributed by atoms with Crippen LogP contribution in [0.3, 0.4) is 0 Å². The Morgan fingerprint density at radius 3 is 2.82 bits per heavy atom. The number of hydrogen-bond acceptors (Lipinski definition) is 6. The molecule has 0 amide bonds. The van der Waals surface area contributed by atoms with Crippen molar-refractivity contribution in [2.45, 2.75) is 44.1 Å². The van der Waals surface area contributed by atoms with Gasteiger partial charge in [0, 0.05) is 0 Å². The number of aromatic nitrogens is 2. The number of nitrogens with zero attached hydrogens (tertiary/aromatic N) is 2. The number of hydrogen-bond donors (Lipinski definition) is 3. The normalized spacial score (nSPS) is 32.4. The lowest BCUT2D eigenvalue weighted by Gasteiger charge is -2.24. The molecule has 1 fully saturated rings. The SMILES string of the molecule is CC#C[C@@]1(F)C(O)[C@@H]([C@@H](C)O)O[C@H]1n1cc(F)c(N)nc1=O. The number of nitrogen functional groups attached to an aromatic ring is 1. The number of ether oxygens (including phenoxy) is 1. The van der Waals surface area contributed by atoms with E-state index in [1.165, 1.54) is 13.8 Å². The largest absolute Gasteiger partial charge is 0.391 e. The van der Waals surface area contributed by atoms with Gasteiger partial charge in [0.25, 0.3) is 0 Å². The number of aliphatic hydroxyl groups excluding tert-OH is 2. The van der Waals surface area contributed by atoms with Gasteiger partial charge in [-0.05, 0) is 13.8 Å². The van der Waals surface area contributed by atoms with Crippen molar-refractivity contribution in [1.82, 2.24) is 9.55 Å². The van der Waals surface area contributed by atoms with Gasteiger partial charge in [0.1, 0.15) is 12.2 Å². The first-order valence-corrected chi connectivity index (χ1v) is 6.41. The lowest BCUT2D eigenvalue weighted by atomic mass is 9.94. The smallest absolute Gasteiger partial charge is 0.351 e. The molecule has 0 bridgehead atoms.